The zero-order valence-electron chi connectivity index (χ0n) is 11.5. The second kappa shape index (κ2) is 5.13. The number of para-hydroxylation sites is 1. The van der Waals surface area contributed by atoms with Crippen LogP contribution in [0, 0.1) is 11.7 Å². The molecule has 2 aromatic carbocycles. The summed E-state index contributed by atoms with van der Waals surface area (Å²) in [6, 6.07) is 14.4. The normalized spacial score (nSPS) is 10.9. The highest BCUT2D eigenvalue weighted by Gasteiger charge is 2.09. The minimum atomic E-state index is 0.714. The monoisotopic (exact) mass is 284 g/mol. The van der Waals surface area contributed by atoms with Crippen LogP contribution in [0.3, 0.4) is 0 Å². The molecule has 1 N–H and O–H groups in total. The highest BCUT2D eigenvalue weighted by molar-refractivity contribution is 7.71. The number of imidazole rings is 1. The molecule has 1 heterocycles. The van der Waals surface area contributed by atoms with Crippen molar-refractivity contribution in [2.24, 2.45) is 0 Å². The summed E-state index contributed by atoms with van der Waals surface area (Å²) in [5, 5.41) is 0. The van der Waals surface area contributed by atoms with Gasteiger partial charge < -0.3 is 14.3 Å². The van der Waals surface area contributed by atoms with Gasteiger partial charge in [0.15, 0.2) is 4.77 Å². The third kappa shape index (κ3) is 2.23. The summed E-state index contributed by atoms with van der Waals surface area (Å²) in [7, 11) is 1.67. The fourth-order valence-corrected chi connectivity index (χ4v) is 2.74. The molecule has 0 saturated heterocycles. The maximum Gasteiger partial charge on any atom is 0.178 e. The van der Waals surface area contributed by atoms with Crippen molar-refractivity contribution >= 4 is 23.3 Å². The molecule has 0 saturated carbocycles. The predicted octanol–water partition coefficient (Wildman–Crippen LogP) is 4.06. The summed E-state index contributed by atoms with van der Waals surface area (Å²) in [5.41, 5.74) is 4.51. The smallest absolute Gasteiger partial charge is 0.178 e. The maximum atomic E-state index is 5.44. The third-order valence-corrected chi connectivity index (χ3v) is 3.74. The van der Waals surface area contributed by atoms with Gasteiger partial charge in [-0.05, 0) is 36.8 Å². The molecule has 1 aromatic heterocycles. The lowest BCUT2D eigenvalue weighted by atomic mass is 10.1. The summed E-state index contributed by atoms with van der Waals surface area (Å²) in [5.74, 6) is 0.816. The number of fused-ring (bicyclic) bond motifs is 1. The molecule has 0 aliphatic rings. The van der Waals surface area contributed by atoms with Crippen molar-refractivity contribution in [2.45, 2.75) is 13.5 Å². The van der Waals surface area contributed by atoms with Gasteiger partial charge in [-0.15, -0.1) is 0 Å². The fraction of sp³-hybridized carbons (Fsp3) is 0.188. The summed E-state index contributed by atoms with van der Waals surface area (Å²) in [6.07, 6.45) is 0. The number of benzene rings is 2. The maximum absolute atomic E-state index is 5.44. The number of nitrogens with one attached hydrogen (secondary N) is 1. The van der Waals surface area contributed by atoms with Crippen molar-refractivity contribution in [3.05, 3.63) is 58.4 Å². The first-order valence-corrected chi connectivity index (χ1v) is 6.91. The molecule has 0 fully saturated rings. The van der Waals surface area contributed by atoms with E-state index >= 15 is 0 Å². The van der Waals surface area contributed by atoms with Crippen molar-refractivity contribution < 1.29 is 4.74 Å². The van der Waals surface area contributed by atoms with Crippen LogP contribution < -0.4 is 4.74 Å². The van der Waals surface area contributed by atoms with Crippen LogP contribution in [0.4, 0.5) is 0 Å². The molecule has 0 unspecified atom stereocenters. The van der Waals surface area contributed by atoms with E-state index in [1.54, 1.807) is 7.11 Å². The predicted molar refractivity (Wildman–Crippen MR) is 84.0 cm³/mol. The van der Waals surface area contributed by atoms with Crippen LogP contribution >= 0.6 is 12.2 Å². The van der Waals surface area contributed by atoms with E-state index in [1.165, 1.54) is 11.1 Å². The van der Waals surface area contributed by atoms with Crippen molar-refractivity contribution in [1.82, 2.24) is 9.55 Å². The average Bonchev–Trinajstić information content (AvgIpc) is 2.75. The molecule has 4 heteroatoms. The minimum absolute atomic E-state index is 0.714. The van der Waals surface area contributed by atoms with Crippen LogP contribution in [0.15, 0.2) is 42.5 Å². The third-order valence-electron chi connectivity index (χ3n) is 3.42. The number of hydrogen-bond acceptors (Lipinski definition) is 2. The Kier molecular flexibility index (Phi) is 3.32. The van der Waals surface area contributed by atoms with Crippen molar-refractivity contribution in [2.75, 3.05) is 7.11 Å². The second-order valence-corrected chi connectivity index (χ2v) is 5.25. The number of methoxy groups -OCH3 is 1. The molecule has 0 atom stereocenters. The first-order chi connectivity index (χ1) is 9.69. The second-order valence-electron chi connectivity index (χ2n) is 4.86. The molecule has 0 bridgehead atoms. The Hall–Kier alpha value is -2.07. The van der Waals surface area contributed by atoms with Crippen LogP contribution in [0.1, 0.15) is 11.1 Å². The molecule has 0 radical (unpaired) electrons. The van der Waals surface area contributed by atoms with Gasteiger partial charge >= 0.3 is 0 Å². The molecule has 0 aliphatic carbocycles. The number of rotatable bonds is 3. The quantitative estimate of drug-likeness (QED) is 0.735. The van der Waals surface area contributed by atoms with Gasteiger partial charge in [0.05, 0.1) is 19.2 Å². The van der Waals surface area contributed by atoms with Crippen LogP contribution in [-0.2, 0) is 6.54 Å². The van der Waals surface area contributed by atoms with Gasteiger partial charge in [-0.2, -0.15) is 0 Å². The van der Waals surface area contributed by atoms with Crippen molar-refractivity contribution in [3.63, 3.8) is 0 Å². The Labute approximate surface area is 122 Å². The molecule has 0 aliphatic heterocycles. The first-order valence-electron chi connectivity index (χ1n) is 6.50. The van der Waals surface area contributed by atoms with Crippen molar-refractivity contribution in [1.29, 1.82) is 0 Å². The van der Waals surface area contributed by atoms with E-state index in [4.69, 9.17) is 17.0 Å². The Bertz CT molecular complexity index is 817. The van der Waals surface area contributed by atoms with Gasteiger partial charge in [0.1, 0.15) is 11.3 Å². The van der Waals surface area contributed by atoms with Gasteiger partial charge in [-0.25, -0.2) is 0 Å². The lowest BCUT2D eigenvalue weighted by Crippen LogP contribution is -1.99. The minimum Gasteiger partial charge on any atom is -0.494 e. The number of ether oxygens (including phenoxy) is 1. The average molecular weight is 284 g/mol. The molecule has 3 nitrogen and oxygen atoms in total. The van der Waals surface area contributed by atoms with Gasteiger partial charge in [0.2, 0.25) is 0 Å². The number of aromatic nitrogens is 2. The molecule has 0 spiro atoms. The fourth-order valence-electron chi connectivity index (χ4n) is 2.47. The number of aromatic amines is 1. The van der Waals surface area contributed by atoms with Gasteiger partial charge in [-0.1, -0.05) is 35.9 Å². The number of nitrogens with zero attached hydrogens (tertiary/aromatic N) is 1. The van der Waals surface area contributed by atoms with E-state index in [2.05, 4.69) is 46.8 Å². The van der Waals surface area contributed by atoms with E-state index < -0.39 is 0 Å². The zero-order valence-corrected chi connectivity index (χ0v) is 12.3. The molecular formula is C16H16N2OS. The van der Waals surface area contributed by atoms with E-state index in [-0.39, 0.29) is 0 Å². The van der Waals surface area contributed by atoms with Crippen molar-refractivity contribution in [3.8, 4) is 5.75 Å². The zero-order chi connectivity index (χ0) is 14.1. The molecule has 3 rings (SSSR count). The first kappa shape index (κ1) is 12.9. The largest absolute Gasteiger partial charge is 0.494 e. The van der Waals surface area contributed by atoms with Crippen LogP contribution in [-0.4, -0.2) is 16.7 Å². The Morgan fingerprint density at radius 1 is 1.20 bits per heavy atom. The number of aryl methyl sites for hydroxylation is 1. The molecule has 20 heavy (non-hydrogen) atoms. The van der Waals surface area contributed by atoms with Crippen LogP contribution in [0.5, 0.6) is 5.75 Å². The van der Waals surface area contributed by atoms with Gasteiger partial charge in [0, 0.05) is 0 Å². The number of hydrogen-bond donors (Lipinski definition) is 1. The summed E-state index contributed by atoms with van der Waals surface area (Å²) >= 11 is 5.44. The highest BCUT2D eigenvalue weighted by atomic mass is 32.1. The van der Waals surface area contributed by atoms with E-state index in [0.29, 0.717) is 4.77 Å². The summed E-state index contributed by atoms with van der Waals surface area (Å²) in [4.78, 5) is 3.23. The Morgan fingerprint density at radius 3 is 2.75 bits per heavy atom. The summed E-state index contributed by atoms with van der Waals surface area (Å²) in [6.45, 7) is 2.86. The van der Waals surface area contributed by atoms with E-state index in [0.717, 1.165) is 23.3 Å². The van der Waals surface area contributed by atoms with Gasteiger partial charge in [0.25, 0.3) is 0 Å². The highest BCUT2D eigenvalue weighted by Crippen LogP contribution is 2.25. The van der Waals surface area contributed by atoms with Crippen LogP contribution in [0.25, 0.3) is 11.0 Å². The van der Waals surface area contributed by atoms with E-state index in [9.17, 15) is 0 Å². The van der Waals surface area contributed by atoms with Gasteiger partial charge in [-0.3, -0.25) is 0 Å². The Balaban J connectivity index is 2.12. The number of H-pyrrole nitrogens is 1. The lowest BCUT2D eigenvalue weighted by molar-refractivity contribution is 0.419. The SMILES string of the molecule is COc1cccc2c1[nH]c(=S)n2Cc1cccc(C)c1. The molecule has 3 aromatic rings. The van der Waals surface area contributed by atoms with Crippen LogP contribution in [0.2, 0.25) is 0 Å². The van der Waals surface area contributed by atoms with E-state index in [1.807, 2.05) is 12.1 Å². The summed E-state index contributed by atoms with van der Waals surface area (Å²) < 4.78 is 8.19. The Morgan fingerprint density at radius 2 is 2.00 bits per heavy atom. The molecule has 102 valence electrons. The molecular weight excluding hydrogens is 268 g/mol. The standard InChI is InChI=1S/C16H16N2OS/c1-11-5-3-6-12(9-11)10-18-13-7-4-8-14(19-2)15(13)17-16(18)20/h3-9H,10H2,1-2H3,(H,17,20). The lowest BCUT2D eigenvalue weighted by Gasteiger charge is -2.06. The molecule has 0 amide bonds. The topological polar surface area (TPSA) is 29.9 Å².